The molecule has 1 aromatic carbocycles. The molecule has 0 atom stereocenters. The van der Waals surface area contributed by atoms with Gasteiger partial charge in [-0.05, 0) is 29.8 Å². The van der Waals surface area contributed by atoms with E-state index in [0.717, 1.165) is 24.5 Å². The number of nitrogens with zero attached hydrogens (tertiary/aromatic N) is 2. The molecule has 0 spiro atoms. The molecule has 19 heavy (non-hydrogen) atoms. The minimum Gasteiger partial charge on any atom is -0.468 e. The van der Waals surface area contributed by atoms with Crippen molar-refractivity contribution in [2.24, 2.45) is 0 Å². The van der Waals surface area contributed by atoms with Crippen LogP contribution in [-0.4, -0.2) is 9.55 Å². The van der Waals surface area contributed by atoms with Gasteiger partial charge in [-0.2, -0.15) is 0 Å². The summed E-state index contributed by atoms with van der Waals surface area (Å²) in [5.41, 5.74) is 2.36. The Morgan fingerprint density at radius 3 is 2.68 bits per heavy atom. The molecule has 3 rings (SSSR count). The Kier molecular flexibility index (Phi) is 3.42. The van der Waals surface area contributed by atoms with E-state index in [9.17, 15) is 0 Å². The normalized spacial score (nSPS) is 10.7. The fraction of sp³-hybridized carbons (Fsp3) is 0.133. The third-order valence-electron chi connectivity index (χ3n) is 2.95. The number of hydrogen-bond donors (Lipinski definition) is 1. The average molecular weight is 253 g/mol. The van der Waals surface area contributed by atoms with E-state index in [-0.39, 0.29) is 0 Å². The Bertz CT molecular complexity index is 597. The van der Waals surface area contributed by atoms with Crippen molar-refractivity contribution in [3.8, 4) is 5.69 Å². The van der Waals surface area contributed by atoms with Crippen LogP contribution in [0.2, 0.25) is 0 Å². The molecule has 0 aliphatic carbocycles. The van der Waals surface area contributed by atoms with Crippen LogP contribution in [-0.2, 0) is 13.1 Å². The van der Waals surface area contributed by atoms with Gasteiger partial charge >= 0.3 is 0 Å². The Balaban J connectivity index is 1.57. The largest absolute Gasteiger partial charge is 0.468 e. The molecule has 2 heterocycles. The van der Waals surface area contributed by atoms with Gasteiger partial charge in [-0.3, -0.25) is 0 Å². The first-order chi connectivity index (χ1) is 9.42. The summed E-state index contributed by atoms with van der Waals surface area (Å²) in [7, 11) is 0. The van der Waals surface area contributed by atoms with Gasteiger partial charge in [0.1, 0.15) is 5.76 Å². The summed E-state index contributed by atoms with van der Waals surface area (Å²) in [5.74, 6) is 0.954. The summed E-state index contributed by atoms with van der Waals surface area (Å²) >= 11 is 0. The Morgan fingerprint density at radius 2 is 2.00 bits per heavy atom. The summed E-state index contributed by atoms with van der Waals surface area (Å²) in [6, 6.07) is 12.3. The topological polar surface area (TPSA) is 43.0 Å². The van der Waals surface area contributed by atoms with Crippen molar-refractivity contribution in [2.45, 2.75) is 13.1 Å². The molecule has 0 saturated carbocycles. The summed E-state index contributed by atoms with van der Waals surface area (Å²) in [4.78, 5) is 4.04. The summed E-state index contributed by atoms with van der Waals surface area (Å²) < 4.78 is 7.25. The van der Waals surface area contributed by atoms with Crippen molar-refractivity contribution in [3.63, 3.8) is 0 Å². The van der Waals surface area contributed by atoms with E-state index in [1.54, 1.807) is 18.8 Å². The lowest BCUT2D eigenvalue weighted by molar-refractivity contribution is 0.483. The van der Waals surface area contributed by atoms with Crippen molar-refractivity contribution in [1.29, 1.82) is 0 Å². The molecule has 0 amide bonds. The number of nitrogens with one attached hydrogen (secondary N) is 1. The maximum absolute atomic E-state index is 5.27. The van der Waals surface area contributed by atoms with Gasteiger partial charge in [0.25, 0.3) is 0 Å². The van der Waals surface area contributed by atoms with E-state index >= 15 is 0 Å². The van der Waals surface area contributed by atoms with E-state index in [0.29, 0.717) is 0 Å². The maximum atomic E-state index is 5.27. The zero-order chi connectivity index (χ0) is 12.9. The molecular formula is C15H15N3O. The molecule has 3 aromatic rings. The van der Waals surface area contributed by atoms with Gasteiger partial charge in [0, 0.05) is 24.6 Å². The first-order valence-corrected chi connectivity index (χ1v) is 6.22. The molecular weight excluding hydrogens is 238 g/mol. The van der Waals surface area contributed by atoms with Gasteiger partial charge in [-0.1, -0.05) is 12.1 Å². The first kappa shape index (κ1) is 11.7. The fourth-order valence-electron chi connectivity index (χ4n) is 1.94. The minimum absolute atomic E-state index is 0.746. The molecule has 2 aromatic heterocycles. The first-order valence-electron chi connectivity index (χ1n) is 6.22. The fourth-order valence-corrected chi connectivity index (χ4v) is 1.94. The van der Waals surface area contributed by atoms with Crippen molar-refractivity contribution >= 4 is 0 Å². The lowest BCUT2D eigenvalue weighted by Gasteiger charge is -2.05. The van der Waals surface area contributed by atoms with Crippen LogP contribution < -0.4 is 5.32 Å². The number of rotatable bonds is 5. The van der Waals surface area contributed by atoms with Crippen molar-refractivity contribution in [3.05, 3.63) is 72.7 Å². The zero-order valence-electron chi connectivity index (χ0n) is 10.5. The highest BCUT2D eigenvalue weighted by Crippen LogP contribution is 2.09. The average Bonchev–Trinajstić information content (AvgIpc) is 3.13. The van der Waals surface area contributed by atoms with Crippen LogP contribution in [0.5, 0.6) is 0 Å². The number of aromatic nitrogens is 2. The van der Waals surface area contributed by atoms with Crippen LogP contribution in [0, 0.1) is 0 Å². The van der Waals surface area contributed by atoms with Gasteiger partial charge in [0.2, 0.25) is 0 Å². The second kappa shape index (κ2) is 5.54. The SMILES string of the molecule is c1coc(CNCc2ccc(-n3ccnc3)cc2)c1. The van der Waals surface area contributed by atoms with Crippen molar-refractivity contribution < 1.29 is 4.42 Å². The zero-order valence-corrected chi connectivity index (χ0v) is 10.5. The highest BCUT2D eigenvalue weighted by molar-refractivity contribution is 5.34. The predicted octanol–water partition coefficient (Wildman–Crippen LogP) is 2.76. The number of hydrogen-bond acceptors (Lipinski definition) is 3. The van der Waals surface area contributed by atoms with Crippen LogP contribution in [0.25, 0.3) is 5.69 Å². The predicted molar refractivity (Wildman–Crippen MR) is 72.8 cm³/mol. The molecule has 0 bridgehead atoms. The second-order valence-corrected chi connectivity index (χ2v) is 4.32. The summed E-state index contributed by atoms with van der Waals surface area (Å²) in [6.45, 7) is 1.57. The van der Waals surface area contributed by atoms with E-state index in [4.69, 9.17) is 4.42 Å². The summed E-state index contributed by atoms with van der Waals surface area (Å²) in [5, 5.41) is 3.35. The second-order valence-electron chi connectivity index (χ2n) is 4.32. The molecule has 0 saturated heterocycles. The minimum atomic E-state index is 0.746. The van der Waals surface area contributed by atoms with Crippen molar-refractivity contribution in [1.82, 2.24) is 14.9 Å². The molecule has 4 heteroatoms. The molecule has 0 aliphatic heterocycles. The van der Waals surface area contributed by atoms with Gasteiger partial charge in [-0.25, -0.2) is 4.98 Å². The van der Waals surface area contributed by atoms with E-state index in [1.807, 2.05) is 22.9 Å². The maximum Gasteiger partial charge on any atom is 0.117 e. The number of imidazole rings is 1. The van der Waals surface area contributed by atoms with E-state index in [2.05, 4.69) is 34.6 Å². The van der Waals surface area contributed by atoms with E-state index < -0.39 is 0 Å². The Morgan fingerprint density at radius 1 is 1.11 bits per heavy atom. The highest BCUT2D eigenvalue weighted by atomic mass is 16.3. The molecule has 0 radical (unpaired) electrons. The van der Waals surface area contributed by atoms with Crippen LogP contribution in [0.4, 0.5) is 0 Å². The standard InChI is InChI=1S/C15H15N3O/c1-2-15(19-9-1)11-17-10-13-3-5-14(6-4-13)18-8-7-16-12-18/h1-9,12,17H,10-11H2. The summed E-state index contributed by atoms with van der Waals surface area (Å²) in [6.07, 6.45) is 7.20. The smallest absolute Gasteiger partial charge is 0.117 e. The van der Waals surface area contributed by atoms with Gasteiger partial charge < -0.3 is 14.3 Å². The molecule has 0 fully saturated rings. The van der Waals surface area contributed by atoms with Gasteiger partial charge in [0.05, 0.1) is 19.1 Å². The van der Waals surface area contributed by atoms with Crippen LogP contribution in [0.15, 0.2) is 65.8 Å². The number of benzene rings is 1. The van der Waals surface area contributed by atoms with E-state index in [1.165, 1.54) is 5.56 Å². The van der Waals surface area contributed by atoms with Gasteiger partial charge in [0.15, 0.2) is 0 Å². The van der Waals surface area contributed by atoms with Gasteiger partial charge in [-0.15, -0.1) is 0 Å². The highest BCUT2D eigenvalue weighted by Gasteiger charge is 1.98. The monoisotopic (exact) mass is 253 g/mol. The third kappa shape index (κ3) is 2.92. The molecule has 0 unspecified atom stereocenters. The van der Waals surface area contributed by atoms with Crippen molar-refractivity contribution in [2.75, 3.05) is 0 Å². The van der Waals surface area contributed by atoms with Crippen LogP contribution >= 0.6 is 0 Å². The molecule has 96 valence electrons. The third-order valence-corrected chi connectivity index (χ3v) is 2.95. The molecule has 4 nitrogen and oxygen atoms in total. The number of furan rings is 1. The molecule has 1 N–H and O–H groups in total. The Labute approximate surface area is 111 Å². The van der Waals surface area contributed by atoms with Crippen LogP contribution in [0.3, 0.4) is 0 Å². The molecule has 0 aliphatic rings. The lowest BCUT2D eigenvalue weighted by atomic mass is 10.2. The van der Waals surface area contributed by atoms with Crippen LogP contribution in [0.1, 0.15) is 11.3 Å². The quantitative estimate of drug-likeness (QED) is 0.760. The lowest BCUT2D eigenvalue weighted by Crippen LogP contribution is -2.12. The Hall–Kier alpha value is -2.33.